The van der Waals surface area contributed by atoms with Crippen LogP contribution in [0.15, 0.2) is 0 Å². The first-order chi connectivity index (χ1) is 9.82. The number of amides is 1. The molecule has 1 aliphatic rings. The van der Waals surface area contributed by atoms with Gasteiger partial charge >= 0.3 is 0 Å². The van der Waals surface area contributed by atoms with Gasteiger partial charge in [-0.2, -0.15) is 0 Å². The molecular formula is C15H30F2N2O2. The predicted molar refractivity (Wildman–Crippen MR) is 80.6 cm³/mol. The fraction of sp³-hybridized carbons (Fsp3) is 0.933. The second kappa shape index (κ2) is 8.63. The van der Waals surface area contributed by atoms with Crippen molar-refractivity contribution in [3.63, 3.8) is 0 Å². The molecule has 0 aromatic heterocycles. The molecule has 0 aliphatic carbocycles. The van der Waals surface area contributed by atoms with Gasteiger partial charge in [0.1, 0.15) is 6.61 Å². The quantitative estimate of drug-likeness (QED) is 0.749. The van der Waals surface area contributed by atoms with Crippen LogP contribution in [0.25, 0.3) is 0 Å². The first kappa shape index (κ1) is 18.3. The standard InChI is InChI=1S/C15H28F2N2O2.H2/c1-4-18-14(20)10-19-7-5-13(6-8-19)9-15(16,17)11-21-12(2)3;/h12-13H,4-11H2,1-3H3,(H,18,20);1H. The second-order valence-electron chi connectivity index (χ2n) is 6.09. The largest absolute Gasteiger partial charge is 0.373 e. The fourth-order valence-electron chi connectivity index (χ4n) is 2.57. The molecule has 0 saturated carbocycles. The molecular weight excluding hydrogens is 278 g/mol. The van der Waals surface area contributed by atoms with Crippen LogP contribution in [0, 0.1) is 5.92 Å². The summed E-state index contributed by atoms with van der Waals surface area (Å²) in [4.78, 5) is 13.5. The van der Waals surface area contributed by atoms with E-state index in [1.54, 1.807) is 13.8 Å². The normalized spacial score (nSPS) is 18.2. The smallest absolute Gasteiger partial charge is 0.271 e. The Kier molecular flexibility index (Phi) is 7.52. The van der Waals surface area contributed by atoms with Crippen molar-refractivity contribution in [3.05, 3.63) is 0 Å². The minimum Gasteiger partial charge on any atom is -0.373 e. The summed E-state index contributed by atoms with van der Waals surface area (Å²) in [6.07, 6.45) is 1.15. The SMILES string of the molecule is CCNC(=O)CN1CCC(CC(F)(F)COC(C)C)CC1.[HH]. The van der Waals surface area contributed by atoms with Crippen molar-refractivity contribution in [1.29, 1.82) is 0 Å². The van der Waals surface area contributed by atoms with E-state index in [2.05, 4.69) is 5.32 Å². The van der Waals surface area contributed by atoms with Crippen molar-refractivity contribution in [2.75, 3.05) is 32.8 Å². The lowest BCUT2D eigenvalue weighted by Crippen LogP contribution is -2.42. The number of hydrogen-bond acceptors (Lipinski definition) is 3. The third-order valence-electron chi connectivity index (χ3n) is 3.66. The number of hydrogen-bond donors (Lipinski definition) is 1. The molecule has 1 saturated heterocycles. The summed E-state index contributed by atoms with van der Waals surface area (Å²) in [5.74, 6) is -2.73. The van der Waals surface area contributed by atoms with Gasteiger partial charge in [0.05, 0.1) is 12.6 Å². The lowest BCUT2D eigenvalue weighted by molar-refractivity contribution is -0.123. The zero-order valence-corrected chi connectivity index (χ0v) is 13.3. The number of likely N-dealkylation sites (tertiary alicyclic amines) is 1. The minimum absolute atomic E-state index is 0. The van der Waals surface area contributed by atoms with Crippen molar-refractivity contribution in [1.82, 2.24) is 10.2 Å². The number of rotatable bonds is 8. The summed E-state index contributed by atoms with van der Waals surface area (Å²) in [6, 6.07) is 0. The average Bonchev–Trinajstić information content (AvgIpc) is 2.39. The molecule has 1 heterocycles. The van der Waals surface area contributed by atoms with Crippen molar-refractivity contribution < 1.29 is 19.7 Å². The first-order valence-corrected chi connectivity index (χ1v) is 7.81. The van der Waals surface area contributed by atoms with Gasteiger partial charge in [0.15, 0.2) is 0 Å². The van der Waals surface area contributed by atoms with Crippen LogP contribution in [0.3, 0.4) is 0 Å². The number of carbonyl (C=O) groups excluding carboxylic acids is 1. The zero-order chi connectivity index (χ0) is 15.9. The third-order valence-corrected chi connectivity index (χ3v) is 3.66. The van der Waals surface area contributed by atoms with Crippen molar-refractivity contribution in [3.8, 4) is 0 Å². The Balaban J connectivity index is 0.00000441. The highest BCUT2D eigenvalue weighted by Gasteiger charge is 2.34. The molecule has 1 fully saturated rings. The van der Waals surface area contributed by atoms with Gasteiger partial charge in [-0.25, -0.2) is 8.78 Å². The van der Waals surface area contributed by atoms with E-state index < -0.39 is 12.5 Å². The van der Waals surface area contributed by atoms with Gasteiger partial charge in [-0.3, -0.25) is 9.69 Å². The molecule has 0 bridgehead atoms. The maximum absolute atomic E-state index is 13.8. The Morgan fingerprint density at radius 1 is 1.43 bits per heavy atom. The molecule has 0 aromatic carbocycles. The molecule has 0 aromatic rings. The summed E-state index contributed by atoms with van der Waals surface area (Å²) < 4.78 is 32.6. The molecule has 1 aliphatic heterocycles. The van der Waals surface area contributed by atoms with Gasteiger partial charge in [0.25, 0.3) is 5.92 Å². The number of nitrogens with zero attached hydrogens (tertiary/aromatic N) is 1. The van der Waals surface area contributed by atoms with Crippen LogP contribution < -0.4 is 5.32 Å². The molecule has 0 atom stereocenters. The number of alkyl halides is 2. The van der Waals surface area contributed by atoms with Crippen molar-refractivity contribution >= 4 is 5.91 Å². The summed E-state index contributed by atoms with van der Waals surface area (Å²) in [5.41, 5.74) is 0. The van der Waals surface area contributed by atoms with E-state index in [0.29, 0.717) is 26.2 Å². The van der Waals surface area contributed by atoms with E-state index in [4.69, 9.17) is 4.74 Å². The van der Waals surface area contributed by atoms with E-state index in [-0.39, 0.29) is 25.8 Å². The Morgan fingerprint density at radius 2 is 2.05 bits per heavy atom. The summed E-state index contributed by atoms with van der Waals surface area (Å²) in [7, 11) is 0. The van der Waals surface area contributed by atoms with E-state index in [0.717, 1.165) is 12.8 Å². The third kappa shape index (κ3) is 7.71. The highest BCUT2D eigenvalue weighted by atomic mass is 19.3. The van der Waals surface area contributed by atoms with Crippen LogP contribution in [0.2, 0.25) is 0 Å². The van der Waals surface area contributed by atoms with Crippen LogP contribution in [0.1, 0.15) is 41.5 Å². The van der Waals surface area contributed by atoms with Crippen LogP contribution in [0.5, 0.6) is 0 Å². The Hall–Kier alpha value is -0.750. The van der Waals surface area contributed by atoms with E-state index in [9.17, 15) is 13.6 Å². The van der Waals surface area contributed by atoms with Gasteiger partial charge in [-0.15, -0.1) is 0 Å². The Morgan fingerprint density at radius 3 is 2.57 bits per heavy atom. The first-order valence-electron chi connectivity index (χ1n) is 7.81. The van der Waals surface area contributed by atoms with Gasteiger partial charge < -0.3 is 10.1 Å². The lowest BCUT2D eigenvalue weighted by atomic mass is 9.91. The topological polar surface area (TPSA) is 41.6 Å². The molecule has 6 heteroatoms. The Bertz CT molecular complexity index is 323. The summed E-state index contributed by atoms with van der Waals surface area (Å²) in [6.45, 7) is 7.32. The number of carbonyl (C=O) groups is 1. The van der Waals surface area contributed by atoms with Crippen molar-refractivity contribution in [2.45, 2.75) is 52.1 Å². The second-order valence-corrected chi connectivity index (χ2v) is 6.09. The monoisotopic (exact) mass is 308 g/mol. The van der Waals surface area contributed by atoms with Crippen LogP contribution in [-0.2, 0) is 9.53 Å². The van der Waals surface area contributed by atoms with Gasteiger partial charge in [0, 0.05) is 14.4 Å². The predicted octanol–water partition coefficient (Wildman–Crippen LogP) is 2.53. The highest BCUT2D eigenvalue weighted by molar-refractivity contribution is 5.77. The fourth-order valence-corrected chi connectivity index (χ4v) is 2.57. The molecule has 1 N–H and O–H groups in total. The Labute approximate surface area is 127 Å². The molecule has 4 nitrogen and oxygen atoms in total. The van der Waals surface area contributed by atoms with Gasteiger partial charge in [-0.1, -0.05) is 0 Å². The number of ether oxygens (including phenoxy) is 1. The number of halogens is 2. The number of piperidine rings is 1. The maximum atomic E-state index is 13.8. The average molecular weight is 308 g/mol. The van der Waals surface area contributed by atoms with Crippen molar-refractivity contribution in [2.24, 2.45) is 5.92 Å². The van der Waals surface area contributed by atoms with Crippen LogP contribution in [-0.4, -0.2) is 55.6 Å². The van der Waals surface area contributed by atoms with Crippen LogP contribution >= 0.6 is 0 Å². The molecule has 0 radical (unpaired) electrons. The lowest BCUT2D eigenvalue weighted by Gasteiger charge is -2.33. The maximum Gasteiger partial charge on any atom is 0.271 e. The molecule has 126 valence electrons. The highest BCUT2D eigenvalue weighted by Crippen LogP contribution is 2.30. The molecule has 0 unspecified atom stereocenters. The molecule has 21 heavy (non-hydrogen) atoms. The number of nitrogens with one attached hydrogen (secondary N) is 1. The van der Waals surface area contributed by atoms with E-state index in [1.165, 1.54) is 0 Å². The molecule has 1 rings (SSSR count). The number of likely N-dealkylation sites (N-methyl/N-ethyl adjacent to an activating group) is 1. The summed E-state index contributed by atoms with van der Waals surface area (Å²) >= 11 is 0. The molecule has 1 amide bonds. The van der Waals surface area contributed by atoms with Crippen LogP contribution in [0.4, 0.5) is 8.78 Å². The van der Waals surface area contributed by atoms with Gasteiger partial charge in [0.2, 0.25) is 5.91 Å². The minimum atomic E-state index is -2.75. The van der Waals surface area contributed by atoms with E-state index >= 15 is 0 Å². The zero-order valence-electron chi connectivity index (χ0n) is 13.3. The van der Waals surface area contributed by atoms with E-state index in [1.807, 2.05) is 11.8 Å². The summed E-state index contributed by atoms with van der Waals surface area (Å²) in [5, 5.41) is 2.75. The molecule has 0 spiro atoms. The van der Waals surface area contributed by atoms with Gasteiger partial charge in [-0.05, 0) is 52.6 Å².